The Hall–Kier alpha value is -3.09. The number of amides is 1. The molecule has 0 aromatic carbocycles. The van der Waals surface area contributed by atoms with Gasteiger partial charge in [0.15, 0.2) is 5.82 Å². The summed E-state index contributed by atoms with van der Waals surface area (Å²) in [6, 6.07) is 11.4. The summed E-state index contributed by atoms with van der Waals surface area (Å²) in [5, 5.41) is 14.2. The number of anilines is 1. The highest BCUT2D eigenvalue weighted by Crippen LogP contribution is 2.06. The van der Waals surface area contributed by atoms with Crippen molar-refractivity contribution in [1.82, 2.24) is 24.6 Å². The average molecular weight is 310 g/mol. The number of aromatic nitrogens is 4. The van der Waals surface area contributed by atoms with Crippen molar-refractivity contribution in [2.45, 2.75) is 6.54 Å². The lowest BCUT2D eigenvalue weighted by Gasteiger charge is -2.08. The van der Waals surface area contributed by atoms with Crippen LogP contribution in [0.25, 0.3) is 5.82 Å². The largest absolute Gasteiger partial charge is 0.367 e. The van der Waals surface area contributed by atoms with Crippen molar-refractivity contribution in [2.75, 3.05) is 18.4 Å². The van der Waals surface area contributed by atoms with Crippen molar-refractivity contribution in [1.29, 1.82) is 0 Å². The third kappa shape index (κ3) is 4.19. The number of nitrogens with zero attached hydrogens (tertiary/aromatic N) is 4. The Labute approximate surface area is 134 Å². The zero-order valence-electron chi connectivity index (χ0n) is 12.6. The summed E-state index contributed by atoms with van der Waals surface area (Å²) in [6.45, 7) is 1.45. The first-order valence-corrected chi connectivity index (χ1v) is 7.40. The molecule has 118 valence electrons. The van der Waals surface area contributed by atoms with Crippen LogP contribution in [0.15, 0.2) is 61.2 Å². The number of rotatable bonds is 7. The molecule has 0 saturated carbocycles. The fourth-order valence-corrected chi connectivity index (χ4v) is 2.13. The maximum atomic E-state index is 11.7. The second-order valence-corrected chi connectivity index (χ2v) is 5.00. The summed E-state index contributed by atoms with van der Waals surface area (Å²) < 4.78 is 3.71. The maximum absolute atomic E-state index is 11.7. The smallest absolute Gasteiger partial charge is 0.239 e. The molecular formula is C16H18N6O. The van der Waals surface area contributed by atoms with Gasteiger partial charge in [-0.2, -0.15) is 0 Å². The van der Waals surface area contributed by atoms with E-state index in [9.17, 15) is 4.79 Å². The van der Waals surface area contributed by atoms with E-state index in [4.69, 9.17) is 0 Å². The molecule has 0 bridgehead atoms. The number of hydrogen-bond donors (Lipinski definition) is 2. The highest BCUT2D eigenvalue weighted by molar-refractivity contribution is 5.75. The summed E-state index contributed by atoms with van der Waals surface area (Å²) in [4.78, 5) is 11.7. The van der Waals surface area contributed by atoms with E-state index in [-0.39, 0.29) is 5.91 Å². The number of hydrogen-bond acceptors (Lipinski definition) is 4. The monoisotopic (exact) mass is 310 g/mol. The van der Waals surface area contributed by atoms with Gasteiger partial charge >= 0.3 is 0 Å². The number of nitrogens with one attached hydrogen (secondary N) is 2. The third-order valence-corrected chi connectivity index (χ3v) is 3.27. The Bertz CT molecular complexity index is 719. The molecule has 3 heterocycles. The molecule has 3 rings (SSSR count). The first-order valence-electron chi connectivity index (χ1n) is 7.40. The molecule has 0 saturated heterocycles. The van der Waals surface area contributed by atoms with Crippen LogP contribution in [-0.4, -0.2) is 38.3 Å². The van der Waals surface area contributed by atoms with Gasteiger partial charge in [0.1, 0.15) is 12.4 Å². The van der Waals surface area contributed by atoms with Gasteiger partial charge in [-0.3, -0.25) is 4.79 Å². The molecule has 0 spiro atoms. The minimum Gasteiger partial charge on any atom is -0.367 e. The summed E-state index contributed by atoms with van der Waals surface area (Å²) in [5.41, 5.74) is 0. The van der Waals surface area contributed by atoms with E-state index in [2.05, 4.69) is 20.8 Å². The Morgan fingerprint density at radius 3 is 2.39 bits per heavy atom. The molecule has 2 N–H and O–H groups in total. The van der Waals surface area contributed by atoms with E-state index in [0.29, 0.717) is 25.5 Å². The number of carbonyl (C=O) groups excluding carboxylic acids is 1. The van der Waals surface area contributed by atoms with Crippen LogP contribution < -0.4 is 10.6 Å². The molecule has 3 aromatic heterocycles. The lowest BCUT2D eigenvalue weighted by atomic mass is 10.4. The molecule has 1 amide bonds. The summed E-state index contributed by atoms with van der Waals surface area (Å²) in [7, 11) is 0. The van der Waals surface area contributed by atoms with Crippen molar-refractivity contribution in [3.63, 3.8) is 0 Å². The molecule has 23 heavy (non-hydrogen) atoms. The lowest BCUT2D eigenvalue weighted by Crippen LogP contribution is -2.31. The van der Waals surface area contributed by atoms with Crippen molar-refractivity contribution < 1.29 is 4.79 Å². The quantitative estimate of drug-likeness (QED) is 0.645. The van der Waals surface area contributed by atoms with E-state index in [1.54, 1.807) is 0 Å². The van der Waals surface area contributed by atoms with E-state index >= 15 is 0 Å². The normalized spacial score (nSPS) is 10.4. The second kappa shape index (κ2) is 7.26. The van der Waals surface area contributed by atoms with E-state index < -0.39 is 0 Å². The Morgan fingerprint density at radius 2 is 1.70 bits per heavy atom. The fourth-order valence-electron chi connectivity index (χ4n) is 2.13. The molecule has 0 aliphatic carbocycles. The lowest BCUT2D eigenvalue weighted by molar-refractivity contribution is -0.121. The van der Waals surface area contributed by atoms with Crippen LogP contribution in [0.4, 0.5) is 5.82 Å². The van der Waals surface area contributed by atoms with E-state index in [1.807, 2.05) is 70.3 Å². The van der Waals surface area contributed by atoms with Crippen LogP contribution in [0.3, 0.4) is 0 Å². The van der Waals surface area contributed by atoms with Gasteiger partial charge in [0, 0.05) is 37.9 Å². The molecule has 0 fully saturated rings. The topological polar surface area (TPSA) is 76.8 Å². The number of carbonyl (C=O) groups is 1. The molecule has 3 aromatic rings. The highest BCUT2D eigenvalue weighted by atomic mass is 16.1. The van der Waals surface area contributed by atoms with E-state index in [0.717, 1.165) is 5.82 Å². The molecule has 0 aliphatic heterocycles. The minimum atomic E-state index is -0.0166. The van der Waals surface area contributed by atoms with Gasteiger partial charge < -0.3 is 19.8 Å². The zero-order chi connectivity index (χ0) is 15.9. The van der Waals surface area contributed by atoms with Crippen LogP contribution in [-0.2, 0) is 11.3 Å². The summed E-state index contributed by atoms with van der Waals surface area (Å²) in [5.74, 6) is 1.43. The SMILES string of the molecule is O=C(Cn1cccc1)NCCNc1ccc(-n2cccc2)nn1. The maximum Gasteiger partial charge on any atom is 0.239 e. The molecule has 7 heteroatoms. The minimum absolute atomic E-state index is 0.0166. The molecule has 0 radical (unpaired) electrons. The van der Waals surface area contributed by atoms with E-state index in [1.165, 1.54) is 0 Å². The fraction of sp³-hybridized carbons (Fsp3) is 0.188. The molecule has 0 atom stereocenters. The zero-order valence-corrected chi connectivity index (χ0v) is 12.6. The van der Waals surface area contributed by atoms with Crippen LogP contribution in [0.5, 0.6) is 0 Å². The third-order valence-electron chi connectivity index (χ3n) is 3.27. The van der Waals surface area contributed by atoms with Crippen molar-refractivity contribution >= 4 is 11.7 Å². The van der Waals surface area contributed by atoms with Gasteiger partial charge in [-0.05, 0) is 36.4 Å². The highest BCUT2D eigenvalue weighted by Gasteiger charge is 2.02. The van der Waals surface area contributed by atoms with Gasteiger partial charge in [-0.1, -0.05) is 0 Å². The Kier molecular flexibility index (Phi) is 4.68. The standard InChI is InChI=1S/C16H18N6O/c23-16(13-21-9-1-2-10-21)18-8-7-17-14-5-6-15(20-19-14)22-11-3-4-12-22/h1-6,9-12H,7-8,13H2,(H,17,19)(H,18,23). The van der Waals surface area contributed by atoms with Crippen LogP contribution in [0.2, 0.25) is 0 Å². The van der Waals surface area contributed by atoms with Gasteiger partial charge in [-0.15, -0.1) is 10.2 Å². The van der Waals surface area contributed by atoms with Crippen molar-refractivity contribution in [2.24, 2.45) is 0 Å². The molecular weight excluding hydrogens is 292 g/mol. The average Bonchev–Trinajstić information content (AvgIpc) is 3.26. The van der Waals surface area contributed by atoms with Gasteiger partial charge in [0.05, 0.1) is 0 Å². The first kappa shape index (κ1) is 14.8. The van der Waals surface area contributed by atoms with Crippen LogP contribution >= 0.6 is 0 Å². The Morgan fingerprint density at radius 1 is 0.957 bits per heavy atom. The van der Waals surface area contributed by atoms with Gasteiger partial charge in [-0.25, -0.2) is 0 Å². The van der Waals surface area contributed by atoms with Crippen molar-refractivity contribution in [3.05, 3.63) is 61.2 Å². The van der Waals surface area contributed by atoms with Gasteiger partial charge in [0.25, 0.3) is 0 Å². The molecule has 0 unspecified atom stereocenters. The second-order valence-electron chi connectivity index (χ2n) is 5.00. The van der Waals surface area contributed by atoms with Crippen LogP contribution in [0.1, 0.15) is 0 Å². The Balaban J connectivity index is 1.39. The first-order chi connectivity index (χ1) is 11.3. The molecule has 7 nitrogen and oxygen atoms in total. The predicted octanol–water partition coefficient (Wildman–Crippen LogP) is 1.30. The molecule has 0 aliphatic rings. The van der Waals surface area contributed by atoms with Crippen molar-refractivity contribution in [3.8, 4) is 5.82 Å². The summed E-state index contributed by atoms with van der Waals surface area (Å²) in [6.07, 6.45) is 7.55. The summed E-state index contributed by atoms with van der Waals surface area (Å²) >= 11 is 0. The van der Waals surface area contributed by atoms with Gasteiger partial charge in [0.2, 0.25) is 5.91 Å². The van der Waals surface area contributed by atoms with Crippen LogP contribution in [0, 0.1) is 0 Å². The predicted molar refractivity (Wildman–Crippen MR) is 87.3 cm³/mol.